The molecule has 8 heteroatoms. The first-order valence-corrected chi connectivity index (χ1v) is 10.5. The van der Waals surface area contributed by atoms with Crippen molar-refractivity contribution in [3.63, 3.8) is 0 Å². The van der Waals surface area contributed by atoms with Crippen LogP contribution >= 0.6 is 11.6 Å². The number of methoxy groups -OCH3 is 1. The average Bonchev–Trinajstić information content (AvgIpc) is 3.34. The summed E-state index contributed by atoms with van der Waals surface area (Å²) in [5.41, 5.74) is 5.98. The second kappa shape index (κ2) is 10.5. The van der Waals surface area contributed by atoms with Crippen LogP contribution in [0.1, 0.15) is 21.6 Å². The molecule has 0 fully saturated rings. The van der Waals surface area contributed by atoms with E-state index in [0.717, 1.165) is 16.7 Å². The van der Waals surface area contributed by atoms with Gasteiger partial charge in [-0.3, -0.25) is 9.89 Å². The highest BCUT2D eigenvalue weighted by molar-refractivity contribution is 6.31. The van der Waals surface area contributed by atoms with E-state index in [1.54, 1.807) is 19.4 Å². The lowest BCUT2D eigenvalue weighted by molar-refractivity contribution is 0.0950. The number of carbonyl (C=O) groups is 1. The molecule has 0 saturated carbocycles. The van der Waals surface area contributed by atoms with Crippen LogP contribution in [-0.2, 0) is 6.61 Å². The smallest absolute Gasteiger partial charge is 0.289 e. The van der Waals surface area contributed by atoms with E-state index in [0.29, 0.717) is 34.5 Å². The fourth-order valence-electron chi connectivity index (χ4n) is 3.03. The fraction of sp³-hybridized carbons (Fsp3) is 0.0800. The van der Waals surface area contributed by atoms with E-state index in [9.17, 15) is 4.79 Å². The van der Waals surface area contributed by atoms with Crippen molar-refractivity contribution in [2.45, 2.75) is 6.61 Å². The third-order valence-corrected chi connectivity index (χ3v) is 5.17. The minimum Gasteiger partial charge on any atom is -0.497 e. The number of benzene rings is 3. The molecule has 0 bridgehead atoms. The van der Waals surface area contributed by atoms with Crippen LogP contribution in [0.2, 0.25) is 5.02 Å². The van der Waals surface area contributed by atoms with Crippen molar-refractivity contribution in [3.05, 3.63) is 101 Å². The van der Waals surface area contributed by atoms with Gasteiger partial charge in [0.2, 0.25) is 0 Å². The second-order valence-electron chi connectivity index (χ2n) is 7.05. The zero-order chi connectivity index (χ0) is 23.0. The molecule has 0 aliphatic rings. The lowest BCUT2D eigenvalue weighted by Gasteiger charge is -2.08. The number of halogens is 1. The van der Waals surface area contributed by atoms with Crippen LogP contribution in [0.3, 0.4) is 0 Å². The van der Waals surface area contributed by atoms with Crippen LogP contribution in [0, 0.1) is 0 Å². The lowest BCUT2D eigenvalue weighted by Crippen LogP contribution is -2.18. The van der Waals surface area contributed by atoms with Gasteiger partial charge in [0.1, 0.15) is 23.8 Å². The van der Waals surface area contributed by atoms with Gasteiger partial charge in [-0.2, -0.15) is 10.2 Å². The first-order chi connectivity index (χ1) is 16.1. The maximum Gasteiger partial charge on any atom is 0.289 e. The Labute approximate surface area is 196 Å². The monoisotopic (exact) mass is 460 g/mol. The van der Waals surface area contributed by atoms with Gasteiger partial charge in [0.25, 0.3) is 5.91 Å². The van der Waals surface area contributed by atoms with Crippen LogP contribution in [0.25, 0.3) is 11.3 Å². The molecule has 0 spiro atoms. The van der Waals surface area contributed by atoms with Crippen LogP contribution in [0.5, 0.6) is 11.5 Å². The molecule has 0 aliphatic heterocycles. The number of nitrogens with zero attached hydrogens (tertiary/aromatic N) is 2. The molecule has 1 aromatic heterocycles. The van der Waals surface area contributed by atoms with Gasteiger partial charge in [-0.05, 0) is 54.1 Å². The average molecular weight is 461 g/mol. The van der Waals surface area contributed by atoms with Gasteiger partial charge in [-0.25, -0.2) is 5.43 Å². The van der Waals surface area contributed by atoms with E-state index >= 15 is 0 Å². The van der Waals surface area contributed by atoms with Gasteiger partial charge in [0, 0.05) is 16.1 Å². The molecule has 33 heavy (non-hydrogen) atoms. The zero-order valence-electron chi connectivity index (χ0n) is 17.8. The van der Waals surface area contributed by atoms with Crippen LogP contribution in [0.4, 0.5) is 0 Å². The molecular weight excluding hydrogens is 440 g/mol. The van der Waals surface area contributed by atoms with Crippen molar-refractivity contribution in [2.24, 2.45) is 5.10 Å². The van der Waals surface area contributed by atoms with Gasteiger partial charge in [-0.1, -0.05) is 41.9 Å². The molecule has 4 rings (SSSR count). The standard InChI is InChI=1S/C25H21ClN4O3/c1-32-21-7-4-5-17(13-21)15-27-30-25(31)24-14-23(28-29-24)18-9-11-20(12-10-18)33-16-19-6-2-3-8-22(19)26/h2-15H,16H2,1H3,(H,28,29)(H,30,31)/b27-15-. The Morgan fingerprint density at radius 1 is 1.06 bits per heavy atom. The molecule has 0 saturated heterocycles. The molecular formula is C25H21ClN4O3. The van der Waals surface area contributed by atoms with E-state index in [-0.39, 0.29) is 0 Å². The van der Waals surface area contributed by atoms with Crippen molar-refractivity contribution in [3.8, 4) is 22.8 Å². The van der Waals surface area contributed by atoms with E-state index in [1.807, 2.05) is 72.8 Å². The Morgan fingerprint density at radius 2 is 1.88 bits per heavy atom. The number of aromatic amines is 1. The SMILES string of the molecule is COc1cccc(/C=N\NC(=O)c2cc(-c3ccc(OCc4ccccc4Cl)cc3)n[nH]2)c1. The fourth-order valence-corrected chi connectivity index (χ4v) is 3.22. The van der Waals surface area contributed by atoms with Gasteiger partial charge in [-0.15, -0.1) is 0 Å². The Hall–Kier alpha value is -4.10. The van der Waals surface area contributed by atoms with Crippen molar-refractivity contribution in [2.75, 3.05) is 7.11 Å². The van der Waals surface area contributed by atoms with Crippen molar-refractivity contribution < 1.29 is 14.3 Å². The largest absolute Gasteiger partial charge is 0.497 e. The number of hydrogen-bond donors (Lipinski definition) is 2. The number of carbonyl (C=O) groups excluding carboxylic acids is 1. The summed E-state index contributed by atoms with van der Waals surface area (Å²) < 4.78 is 11.0. The first kappa shape index (κ1) is 22.1. The number of ether oxygens (including phenoxy) is 2. The Bertz CT molecular complexity index is 1270. The van der Waals surface area contributed by atoms with Crippen LogP contribution < -0.4 is 14.9 Å². The van der Waals surface area contributed by atoms with Crippen LogP contribution in [-0.4, -0.2) is 29.4 Å². The number of rotatable bonds is 8. The number of hydrazone groups is 1. The molecule has 0 radical (unpaired) electrons. The minimum absolute atomic E-state index is 0.298. The number of hydrogen-bond acceptors (Lipinski definition) is 5. The lowest BCUT2D eigenvalue weighted by atomic mass is 10.1. The van der Waals surface area contributed by atoms with Crippen molar-refractivity contribution in [1.82, 2.24) is 15.6 Å². The topological polar surface area (TPSA) is 88.6 Å². The summed E-state index contributed by atoms with van der Waals surface area (Å²) in [5, 5.41) is 11.6. The third-order valence-electron chi connectivity index (χ3n) is 4.80. The van der Waals surface area contributed by atoms with Gasteiger partial charge in [0.05, 0.1) is 19.0 Å². The quantitative estimate of drug-likeness (QED) is 0.283. The van der Waals surface area contributed by atoms with Gasteiger partial charge < -0.3 is 9.47 Å². The highest BCUT2D eigenvalue weighted by Gasteiger charge is 2.11. The predicted octanol–water partition coefficient (Wildman–Crippen LogP) is 5.08. The van der Waals surface area contributed by atoms with Crippen molar-refractivity contribution >= 4 is 23.7 Å². The summed E-state index contributed by atoms with van der Waals surface area (Å²) in [4.78, 5) is 12.4. The Morgan fingerprint density at radius 3 is 2.67 bits per heavy atom. The molecule has 1 amide bonds. The minimum atomic E-state index is -0.396. The highest BCUT2D eigenvalue weighted by Crippen LogP contribution is 2.23. The molecule has 0 unspecified atom stereocenters. The third kappa shape index (κ3) is 5.78. The highest BCUT2D eigenvalue weighted by atomic mass is 35.5. The maximum absolute atomic E-state index is 12.4. The van der Waals surface area contributed by atoms with E-state index in [4.69, 9.17) is 21.1 Å². The Kier molecular flexibility index (Phi) is 7.02. The molecule has 166 valence electrons. The Balaban J connectivity index is 1.34. The van der Waals surface area contributed by atoms with Gasteiger partial charge in [0.15, 0.2) is 0 Å². The van der Waals surface area contributed by atoms with E-state index in [1.165, 1.54) is 0 Å². The summed E-state index contributed by atoms with van der Waals surface area (Å²) in [7, 11) is 1.59. The number of amides is 1. The summed E-state index contributed by atoms with van der Waals surface area (Å²) in [6, 6.07) is 24.0. The van der Waals surface area contributed by atoms with Crippen molar-refractivity contribution in [1.29, 1.82) is 0 Å². The summed E-state index contributed by atoms with van der Waals surface area (Å²) in [5.74, 6) is 1.02. The summed E-state index contributed by atoms with van der Waals surface area (Å²) in [6.45, 7) is 0.377. The van der Waals surface area contributed by atoms with Crippen LogP contribution in [0.15, 0.2) is 84.0 Å². The molecule has 0 aliphatic carbocycles. The number of aromatic nitrogens is 2. The number of H-pyrrole nitrogens is 1. The zero-order valence-corrected chi connectivity index (χ0v) is 18.5. The number of nitrogens with one attached hydrogen (secondary N) is 2. The molecule has 2 N–H and O–H groups in total. The summed E-state index contributed by atoms with van der Waals surface area (Å²) in [6.07, 6.45) is 1.54. The normalized spacial score (nSPS) is 10.8. The molecule has 3 aromatic carbocycles. The molecule has 4 aromatic rings. The maximum atomic E-state index is 12.4. The first-order valence-electron chi connectivity index (χ1n) is 10.1. The van der Waals surface area contributed by atoms with E-state index in [2.05, 4.69) is 20.7 Å². The molecule has 0 atom stereocenters. The molecule has 7 nitrogen and oxygen atoms in total. The predicted molar refractivity (Wildman–Crippen MR) is 128 cm³/mol. The summed E-state index contributed by atoms with van der Waals surface area (Å²) >= 11 is 6.16. The second-order valence-corrected chi connectivity index (χ2v) is 7.45. The molecule has 1 heterocycles. The van der Waals surface area contributed by atoms with Gasteiger partial charge >= 0.3 is 0 Å². The van der Waals surface area contributed by atoms with E-state index < -0.39 is 5.91 Å².